The van der Waals surface area contributed by atoms with E-state index in [1.54, 1.807) is 10.4 Å². The largest absolute Gasteiger partial charge is 0.316 e. The van der Waals surface area contributed by atoms with Crippen molar-refractivity contribution in [3.05, 3.63) is 29.3 Å². The summed E-state index contributed by atoms with van der Waals surface area (Å²) >= 11 is 0. The summed E-state index contributed by atoms with van der Waals surface area (Å²) in [6, 6.07) is 5.71. The monoisotopic (exact) mass is 292 g/mol. The normalized spacial score (nSPS) is 29.6. The van der Waals surface area contributed by atoms with Gasteiger partial charge in [0.2, 0.25) is 10.0 Å². The molecule has 2 atom stereocenters. The van der Waals surface area contributed by atoms with Gasteiger partial charge in [-0.3, -0.25) is 0 Å². The fourth-order valence-corrected chi connectivity index (χ4v) is 5.47. The minimum absolute atomic E-state index is 0.492. The molecule has 1 aromatic carbocycles. The lowest BCUT2D eigenvalue weighted by Gasteiger charge is -2.18. The number of fused-ring (bicyclic) bond motifs is 2. The highest BCUT2D eigenvalue weighted by molar-refractivity contribution is 7.89. The van der Waals surface area contributed by atoms with Gasteiger partial charge in [-0.25, -0.2) is 8.42 Å². The topological polar surface area (TPSA) is 49.4 Å². The molecule has 0 unspecified atom stereocenters. The number of hydrogen-bond donors (Lipinski definition) is 1. The molecule has 1 aromatic rings. The number of sulfonamides is 1. The van der Waals surface area contributed by atoms with Gasteiger partial charge in [0.05, 0.1) is 4.90 Å². The van der Waals surface area contributed by atoms with E-state index in [4.69, 9.17) is 0 Å². The van der Waals surface area contributed by atoms with Crippen molar-refractivity contribution in [1.29, 1.82) is 0 Å². The minimum atomic E-state index is -3.30. The summed E-state index contributed by atoms with van der Waals surface area (Å²) in [5, 5.41) is 3.35. The number of rotatable bonds is 2. The van der Waals surface area contributed by atoms with Gasteiger partial charge in [-0.15, -0.1) is 0 Å². The van der Waals surface area contributed by atoms with Crippen LogP contribution in [0.3, 0.4) is 0 Å². The SMILES string of the molecule is O=S(=O)(c1ccc2c(c1)CCC2)N1C[C@H]2CNC[C@H]2C1. The van der Waals surface area contributed by atoms with Gasteiger partial charge in [0, 0.05) is 13.1 Å². The van der Waals surface area contributed by atoms with Crippen molar-refractivity contribution in [2.45, 2.75) is 24.2 Å². The third-order valence-electron chi connectivity index (χ3n) is 5.06. The Kier molecular flexibility index (Phi) is 2.91. The molecule has 0 saturated carbocycles. The smallest absolute Gasteiger partial charge is 0.243 e. The maximum Gasteiger partial charge on any atom is 0.243 e. The zero-order valence-electron chi connectivity index (χ0n) is 11.5. The van der Waals surface area contributed by atoms with Crippen molar-refractivity contribution in [2.24, 2.45) is 11.8 Å². The Balaban J connectivity index is 1.64. The highest BCUT2D eigenvalue weighted by atomic mass is 32.2. The van der Waals surface area contributed by atoms with E-state index in [1.807, 2.05) is 12.1 Å². The molecule has 1 N–H and O–H groups in total. The lowest BCUT2D eigenvalue weighted by molar-refractivity contribution is 0.448. The summed E-state index contributed by atoms with van der Waals surface area (Å²) < 4.78 is 27.2. The van der Waals surface area contributed by atoms with Gasteiger partial charge < -0.3 is 5.32 Å². The predicted octanol–water partition coefficient (Wildman–Crippen LogP) is 1.02. The van der Waals surface area contributed by atoms with Crippen molar-refractivity contribution in [2.75, 3.05) is 26.2 Å². The molecule has 2 saturated heterocycles. The Morgan fingerprint density at radius 1 is 1.05 bits per heavy atom. The molecule has 5 heteroatoms. The van der Waals surface area contributed by atoms with E-state index in [9.17, 15) is 8.42 Å². The average Bonchev–Trinajstić information content (AvgIpc) is 3.12. The highest BCUT2D eigenvalue weighted by Gasteiger charge is 2.41. The second-order valence-corrected chi connectivity index (χ2v) is 8.22. The first-order valence-corrected chi connectivity index (χ1v) is 8.91. The van der Waals surface area contributed by atoms with Crippen LogP contribution in [0, 0.1) is 11.8 Å². The van der Waals surface area contributed by atoms with Crippen LogP contribution in [0.5, 0.6) is 0 Å². The van der Waals surface area contributed by atoms with Crippen molar-refractivity contribution in [3.63, 3.8) is 0 Å². The van der Waals surface area contributed by atoms with Gasteiger partial charge in [0.25, 0.3) is 0 Å². The predicted molar refractivity (Wildman–Crippen MR) is 77.1 cm³/mol. The third kappa shape index (κ3) is 1.91. The van der Waals surface area contributed by atoms with Crippen LogP contribution in [0.4, 0.5) is 0 Å². The number of nitrogens with zero attached hydrogens (tertiary/aromatic N) is 1. The molecule has 20 heavy (non-hydrogen) atoms. The molecule has 1 aliphatic carbocycles. The van der Waals surface area contributed by atoms with Crippen molar-refractivity contribution >= 4 is 10.0 Å². The van der Waals surface area contributed by atoms with Crippen molar-refractivity contribution < 1.29 is 8.42 Å². The van der Waals surface area contributed by atoms with Crippen LogP contribution < -0.4 is 5.32 Å². The Morgan fingerprint density at radius 2 is 1.75 bits per heavy atom. The first kappa shape index (κ1) is 12.8. The van der Waals surface area contributed by atoms with Gasteiger partial charge in [-0.05, 0) is 67.4 Å². The van der Waals surface area contributed by atoms with E-state index in [-0.39, 0.29) is 0 Å². The van der Waals surface area contributed by atoms with Crippen LogP contribution in [0.1, 0.15) is 17.5 Å². The molecule has 4 rings (SSSR count). The zero-order valence-corrected chi connectivity index (χ0v) is 12.3. The lowest BCUT2D eigenvalue weighted by atomic mass is 10.0. The molecule has 2 aliphatic heterocycles. The van der Waals surface area contributed by atoms with Crippen LogP contribution in [0.15, 0.2) is 23.1 Å². The first-order valence-electron chi connectivity index (χ1n) is 7.47. The summed E-state index contributed by atoms with van der Waals surface area (Å²) in [7, 11) is -3.30. The molecule has 0 aromatic heterocycles. The van der Waals surface area contributed by atoms with Crippen LogP contribution >= 0.6 is 0 Å². The molecule has 4 nitrogen and oxygen atoms in total. The number of benzene rings is 1. The van der Waals surface area contributed by atoms with Gasteiger partial charge >= 0.3 is 0 Å². The maximum atomic E-state index is 12.8. The second kappa shape index (κ2) is 4.55. The quantitative estimate of drug-likeness (QED) is 0.885. The van der Waals surface area contributed by atoms with Crippen LogP contribution in [-0.4, -0.2) is 38.9 Å². The molecular formula is C15H20N2O2S. The Labute approximate surface area is 120 Å². The van der Waals surface area contributed by atoms with Gasteiger partial charge in [0.1, 0.15) is 0 Å². The summed E-state index contributed by atoms with van der Waals surface area (Å²) in [6.45, 7) is 3.27. The average molecular weight is 292 g/mol. The Hall–Kier alpha value is -0.910. The van der Waals surface area contributed by atoms with E-state index in [1.165, 1.54) is 11.1 Å². The van der Waals surface area contributed by atoms with E-state index in [0.29, 0.717) is 29.8 Å². The van der Waals surface area contributed by atoms with Crippen LogP contribution in [-0.2, 0) is 22.9 Å². The van der Waals surface area contributed by atoms with Gasteiger partial charge in [-0.2, -0.15) is 4.31 Å². The number of nitrogens with one attached hydrogen (secondary N) is 1. The van der Waals surface area contributed by atoms with E-state index >= 15 is 0 Å². The third-order valence-corrected chi connectivity index (χ3v) is 6.89. The molecule has 108 valence electrons. The fraction of sp³-hybridized carbons (Fsp3) is 0.600. The minimum Gasteiger partial charge on any atom is -0.316 e. The summed E-state index contributed by atoms with van der Waals surface area (Å²) in [4.78, 5) is 0.492. The van der Waals surface area contributed by atoms with Crippen LogP contribution in [0.25, 0.3) is 0 Å². The summed E-state index contributed by atoms with van der Waals surface area (Å²) in [6.07, 6.45) is 3.27. The van der Waals surface area contributed by atoms with Crippen molar-refractivity contribution in [1.82, 2.24) is 9.62 Å². The lowest BCUT2D eigenvalue weighted by Crippen LogP contribution is -2.32. The van der Waals surface area contributed by atoms with Gasteiger partial charge in [0.15, 0.2) is 0 Å². The Morgan fingerprint density at radius 3 is 2.50 bits per heavy atom. The number of hydrogen-bond acceptors (Lipinski definition) is 3. The number of aryl methyl sites for hydroxylation is 2. The summed E-state index contributed by atoms with van der Waals surface area (Å²) in [5.74, 6) is 0.999. The molecule has 0 amide bonds. The molecule has 3 aliphatic rings. The van der Waals surface area contributed by atoms with E-state index in [2.05, 4.69) is 5.32 Å². The first-order chi connectivity index (χ1) is 9.64. The maximum absolute atomic E-state index is 12.8. The van der Waals surface area contributed by atoms with Gasteiger partial charge in [-0.1, -0.05) is 6.07 Å². The molecule has 0 bridgehead atoms. The zero-order chi connectivity index (χ0) is 13.7. The summed E-state index contributed by atoms with van der Waals surface area (Å²) in [5.41, 5.74) is 2.55. The standard InChI is InChI=1S/C15H20N2O2S/c18-20(19,17-9-13-7-16-8-14(13)10-17)15-5-4-11-2-1-3-12(11)6-15/h4-6,13-14,16H,1-3,7-10H2/t13-,14+. The Bertz CT molecular complexity index is 629. The molecular weight excluding hydrogens is 272 g/mol. The molecule has 0 spiro atoms. The molecule has 2 fully saturated rings. The highest BCUT2D eigenvalue weighted by Crippen LogP contribution is 2.32. The fourth-order valence-electron chi connectivity index (χ4n) is 3.87. The molecule has 0 radical (unpaired) electrons. The van der Waals surface area contributed by atoms with E-state index in [0.717, 1.165) is 32.4 Å². The van der Waals surface area contributed by atoms with E-state index < -0.39 is 10.0 Å². The molecule has 2 heterocycles. The second-order valence-electron chi connectivity index (χ2n) is 6.28. The van der Waals surface area contributed by atoms with Crippen molar-refractivity contribution in [3.8, 4) is 0 Å². The van der Waals surface area contributed by atoms with Crippen LogP contribution in [0.2, 0.25) is 0 Å².